The summed E-state index contributed by atoms with van der Waals surface area (Å²) in [5.74, 6) is 0.519. The van der Waals surface area contributed by atoms with Gasteiger partial charge in [-0.15, -0.1) is 0 Å². The van der Waals surface area contributed by atoms with E-state index in [0.717, 1.165) is 19.5 Å². The summed E-state index contributed by atoms with van der Waals surface area (Å²) in [6.45, 7) is 9.16. The molecule has 2 atom stereocenters. The SMILES string of the molecule is CC1CC(C)(C)CC1(C#N)N1CCCCC1. The molecule has 0 spiro atoms. The fourth-order valence-corrected chi connectivity index (χ4v) is 3.91. The third-order valence-corrected chi connectivity index (χ3v) is 4.54. The van der Waals surface area contributed by atoms with Gasteiger partial charge < -0.3 is 0 Å². The highest BCUT2D eigenvalue weighted by molar-refractivity contribution is 5.18. The molecule has 2 nitrogen and oxygen atoms in total. The zero-order valence-electron chi connectivity index (χ0n) is 10.9. The Hall–Kier alpha value is -0.550. The van der Waals surface area contributed by atoms with Crippen LogP contribution in [0.15, 0.2) is 0 Å². The van der Waals surface area contributed by atoms with Crippen molar-refractivity contribution in [3.63, 3.8) is 0 Å². The van der Waals surface area contributed by atoms with Crippen LogP contribution in [0.3, 0.4) is 0 Å². The average molecular weight is 220 g/mol. The van der Waals surface area contributed by atoms with Crippen molar-refractivity contribution in [2.45, 2.75) is 58.4 Å². The monoisotopic (exact) mass is 220 g/mol. The van der Waals surface area contributed by atoms with Crippen LogP contribution in [0, 0.1) is 22.7 Å². The minimum atomic E-state index is -0.163. The minimum absolute atomic E-state index is 0.163. The smallest absolute Gasteiger partial charge is 0.112 e. The highest BCUT2D eigenvalue weighted by atomic mass is 15.2. The normalized spacial score (nSPS) is 39.5. The van der Waals surface area contributed by atoms with E-state index >= 15 is 0 Å². The molecule has 1 aliphatic carbocycles. The van der Waals surface area contributed by atoms with Crippen molar-refractivity contribution in [3.05, 3.63) is 0 Å². The Balaban J connectivity index is 2.22. The molecule has 2 fully saturated rings. The summed E-state index contributed by atoms with van der Waals surface area (Å²) in [6, 6.07) is 2.68. The van der Waals surface area contributed by atoms with E-state index in [0.29, 0.717) is 11.3 Å². The molecule has 0 amide bonds. The highest BCUT2D eigenvalue weighted by Gasteiger charge is 2.52. The van der Waals surface area contributed by atoms with Gasteiger partial charge in [0.2, 0.25) is 0 Å². The van der Waals surface area contributed by atoms with Crippen LogP contribution in [-0.2, 0) is 0 Å². The number of hydrogen-bond acceptors (Lipinski definition) is 2. The number of piperidine rings is 1. The lowest BCUT2D eigenvalue weighted by atomic mass is 9.84. The van der Waals surface area contributed by atoms with Gasteiger partial charge in [-0.25, -0.2) is 0 Å². The third kappa shape index (κ3) is 1.86. The summed E-state index contributed by atoms with van der Waals surface area (Å²) >= 11 is 0. The predicted octanol–water partition coefficient (Wildman–Crippen LogP) is 3.19. The maximum Gasteiger partial charge on any atom is 0.112 e. The van der Waals surface area contributed by atoms with Gasteiger partial charge >= 0.3 is 0 Å². The van der Waals surface area contributed by atoms with E-state index in [9.17, 15) is 5.26 Å². The molecular formula is C14H24N2. The van der Waals surface area contributed by atoms with Gasteiger partial charge in [0.15, 0.2) is 0 Å². The molecule has 0 aromatic carbocycles. The number of likely N-dealkylation sites (tertiary alicyclic amines) is 1. The molecular weight excluding hydrogens is 196 g/mol. The Labute approximate surface area is 99.6 Å². The fraction of sp³-hybridized carbons (Fsp3) is 0.929. The van der Waals surface area contributed by atoms with Gasteiger partial charge in [0.05, 0.1) is 6.07 Å². The second-order valence-electron chi connectivity index (χ2n) is 6.53. The van der Waals surface area contributed by atoms with Crippen LogP contribution in [0.4, 0.5) is 0 Å². The Morgan fingerprint density at radius 2 is 1.81 bits per heavy atom. The summed E-state index contributed by atoms with van der Waals surface area (Å²) in [4.78, 5) is 2.48. The Bertz CT molecular complexity index is 296. The van der Waals surface area contributed by atoms with Gasteiger partial charge in [0, 0.05) is 0 Å². The van der Waals surface area contributed by atoms with Crippen molar-refractivity contribution in [3.8, 4) is 6.07 Å². The van der Waals surface area contributed by atoms with Gasteiger partial charge in [0.1, 0.15) is 5.54 Å². The molecule has 2 heteroatoms. The Morgan fingerprint density at radius 1 is 1.19 bits per heavy atom. The van der Waals surface area contributed by atoms with Crippen LogP contribution in [-0.4, -0.2) is 23.5 Å². The molecule has 1 heterocycles. The molecule has 1 saturated carbocycles. The fourth-order valence-electron chi connectivity index (χ4n) is 3.91. The zero-order valence-corrected chi connectivity index (χ0v) is 10.9. The van der Waals surface area contributed by atoms with E-state index in [1.54, 1.807) is 0 Å². The third-order valence-electron chi connectivity index (χ3n) is 4.54. The summed E-state index contributed by atoms with van der Waals surface area (Å²) < 4.78 is 0. The van der Waals surface area contributed by atoms with E-state index in [4.69, 9.17) is 0 Å². The van der Waals surface area contributed by atoms with Gasteiger partial charge in [-0.2, -0.15) is 5.26 Å². The minimum Gasteiger partial charge on any atom is -0.285 e. The van der Waals surface area contributed by atoms with E-state index in [-0.39, 0.29) is 5.54 Å². The van der Waals surface area contributed by atoms with Crippen molar-refractivity contribution in [1.29, 1.82) is 5.26 Å². The number of hydrogen-bond donors (Lipinski definition) is 0. The maximum absolute atomic E-state index is 9.68. The van der Waals surface area contributed by atoms with Crippen LogP contribution >= 0.6 is 0 Å². The van der Waals surface area contributed by atoms with Crippen molar-refractivity contribution in [2.75, 3.05) is 13.1 Å². The maximum atomic E-state index is 9.68. The molecule has 0 aromatic heterocycles. The van der Waals surface area contributed by atoms with Crippen LogP contribution in [0.5, 0.6) is 0 Å². The second kappa shape index (κ2) is 4.04. The standard InChI is InChI=1S/C14H24N2/c1-12-9-13(2,3)10-14(12,11-15)16-7-5-4-6-8-16/h12H,4-10H2,1-3H3. The lowest BCUT2D eigenvalue weighted by Gasteiger charge is -2.41. The molecule has 2 unspecified atom stereocenters. The molecule has 0 aromatic rings. The summed E-state index contributed by atoms with van der Waals surface area (Å²) in [5.41, 5.74) is 0.177. The number of nitriles is 1. The first-order chi connectivity index (χ1) is 7.50. The van der Waals surface area contributed by atoms with Gasteiger partial charge in [-0.05, 0) is 50.1 Å². The molecule has 0 bridgehead atoms. The van der Waals surface area contributed by atoms with Crippen molar-refractivity contribution >= 4 is 0 Å². The lowest BCUT2D eigenvalue weighted by molar-refractivity contribution is 0.0798. The zero-order chi connectivity index (χ0) is 11.8. The second-order valence-corrected chi connectivity index (χ2v) is 6.53. The molecule has 2 rings (SSSR count). The number of nitrogens with zero attached hydrogens (tertiary/aromatic N) is 2. The van der Waals surface area contributed by atoms with Crippen molar-refractivity contribution in [2.24, 2.45) is 11.3 Å². The lowest BCUT2D eigenvalue weighted by Crippen LogP contribution is -2.52. The predicted molar refractivity (Wildman–Crippen MR) is 65.9 cm³/mol. The summed E-state index contributed by atoms with van der Waals surface area (Å²) in [5, 5.41) is 9.68. The number of rotatable bonds is 1. The molecule has 1 saturated heterocycles. The first-order valence-electron chi connectivity index (χ1n) is 6.66. The van der Waals surface area contributed by atoms with Gasteiger partial charge in [0.25, 0.3) is 0 Å². The van der Waals surface area contributed by atoms with Crippen LogP contribution in [0.2, 0.25) is 0 Å². The van der Waals surface area contributed by atoms with Gasteiger partial charge in [-0.3, -0.25) is 4.90 Å². The van der Waals surface area contributed by atoms with Crippen LogP contribution in [0.1, 0.15) is 52.9 Å². The van der Waals surface area contributed by atoms with E-state index in [1.807, 2.05) is 0 Å². The Kier molecular flexibility index (Phi) is 3.01. The van der Waals surface area contributed by atoms with E-state index in [2.05, 4.69) is 31.7 Å². The molecule has 2 aliphatic rings. The quantitative estimate of drug-likeness (QED) is 0.678. The molecule has 0 N–H and O–H groups in total. The first-order valence-corrected chi connectivity index (χ1v) is 6.66. The van der Waals surface area contributed by atoms with E-state index < -0.39 is 0 Å². The largest absolute Gasteiger partial charge is 0.285 e. The first kappa shape index (κ1) is 11.9. The average Bonchev–Trinajstić information content (AvgIpc) is 2.50. The van der Waals surface area contributed by atoms with Crippen molar-refractivity contribution in [1.82, 2.24) is 4.90 Å². The van der Waals surface area contributed by atoms with Gasteiger partial charge in [-0.1, -0.05) is 27.2 Å². The molecule has 0 radical (unpaired) electrons. The molecule has 1 aliphatic heterocycles. The summed E-state index contributed by atoms with van der Waals surface area (Å²) in [7, 11) is 0. The van der Waals surface area contributed by atoms with Crippen LogP contribution in [0.25, 0.3) is 0 Å². The van der Waals surface area contributed by atoms with Crippen LogP contribution < -0.4 is 0 Å². The molecule has 90 valence electrons. The van der Waals surface area contributed by atoms with E-state index in [1.165, 1.54) is 25.7 Å². The highest BCUT2D eigenvalue weighted by Crippen LogP contribution is 2.50. The van der Waals surface area contributed by atoms with Crippen molar-refractivity contribution < 1.29 is 0 Å². The summed E-state index contributed by atoms with van der Waals surface area (Å²) in [6.07, 6.45) is 6.14. The topological polar surface area (TPSA) is 27.0 Å². The molecule has 16 heavy (non-hydrogen) atoms. The Morgan fingerprint density at radius 3 is 2.25 bits per heavy atom.